The smallest absolute Gasteiger partial charge is 0.0443 e. The Balaban J connectivity index is 3.29. The molecule has 0 bridgehead atoms. The van der Waals surface area contributed by atoms with E-state index in [2.05, 4.69) is 34.6 Å². The van der Waals surface area contributed by atoms with E-state index in [-0.39, 0.29) is 0 Å². The fraction of sp³-hybridized carbons (Fsp3) is 1.00. The van der Waals surface area contributed by atoms with Gasteiger partial charge in [0.25, 0.3) is 0 Å². The second-order valence-electron chi connectivity index (χ2n) is 13.8. The van der Waals surface area contributed by atoms with Crippen LogP contribution in [0.4, 0.5) is 0 Å². The minimum Gasteiger partial charge on any atom is -0.0654 e. The lowest BCUT2D eigenvalue weighted by atomic mass is 9.93. The molecule has 0 heteroatoms. The molecule has 0 aromatic rings. The Morgan fingerprint density at radius 1 is 0.237 bits per heavy atom. The second kappa shape index (κ2) is 31.5. The molecule has 0 aliphatic carbocycles. The van der Waals surface area contributed by atoms with E-state index in [0.29, 0.717) is 0 Å². The topological polar surface area (TPSA) is 0 Å². The summed E-state index contributed by atoms with van der Waals surface area (Å²) in [7, 11) is 0. The fourth-order valence-corrected chi connectivity index (χ4v) is 6.35. The average molecular weight is 535 g/mol. The lowest BCUT2D eigenvalue weighted by Gasteiger charge is -2.13. The lowest BCUT2D eigenvalue weighted by molar-refractivity contribution is 0.404. The van der Waals surface area contributed by atoms with Gasteiger partial charge in [0.1, 0.15) is 0 Å². The molecule has 0 nitrogen and oxygen atoms in total. The number of rotatable bonds is 32. The van der Waals surface area contributed by atoms with Crippen molar-refractivity contribution in [1.29, 1.82) is 0 Å². The highest BCUT2D eigenvalue weighted by Gasteiger charge is 2.05. The highest BCUT2D eigenvalue weighted by atomic mass is 14.1. The molecule has 0 N–H and O–H groups in total. The van der Waals surface area contributed by atoms with Crippen LogP contribution in [0.2, 0.25) is 0 Å². The van der Waals surface area contributed by atoms with Gasteiger partial charge in [0.2, 0.25) is 0 Å². The van der Waals surface area contributed by atoms with Gasteiger partial charge < -0.3 is 0 Å². The van der Waals surface area contributed by atoms with Gasteiger partial charge in [-0.15, -0.1) is 0 Å². The van der Waals surface area contributed by atoms with Crippen molar-refractivity contribution in [3.8, 4) is 0 Å². The summed E-state index contributed by atoms with van der Waals surface area (Å²) in [6.45, 7) is 12.1. The lowest BCUT2D eigenvalue weighted by Crippen LogP contribution is -1.97. The van der Waals surface area contributed by atoms with E-state index in [0.717, 1.165) is 17.8 Å². The molecule has 0 fully saturated rings. The van der Waals surface area contributed by atoms with Gasteiger partial charge in [-0.05, 0) is 17.8 Å². The summed E-state index contributed by atoms with van der Waals surface area (Å²) in [5.41, 5.74) is 0. The first-order chi connectivity index (χ1) is 18.6. The molecule has 0 aliphatic heterocycles. The Morgan fingerprint density at radius 2 is 0.421 bits per heavy atom. The minimum absolute atomic E-state index is 0.956. The Bertz CT molecular complexity index is 412. The molecule has 0 aromatic carbocycles. The van der Waals surface area contributed by atoms with Crippen molar-refractivity contribution in [3.63, 3.8) is 0 Å². The third-order valence-corrected chi connectivity index (χ3v) is 9.39. The van der Waals surface area contributed by atoms with Crippen LogP contribution in [0, 0.1) is 17.8 Å². The molecular formula is C38H78. The van der Waals surface area contributed by atoms with Gasteiger partial charge in [-0.2, -0.15) is 0 Å². The Labute approximate surface area is 244 Å². The summed E-state index contributed by atoms with van der Waals surface area (Å²) in [4.78, 5) is 0. The Kier molecular flexibility index (Phi) is 31.5. The molecule has 3 atom stereocenters. The van der Waals surface area contributed by atoms with E-state index in [1.807, 2.05) is 0 Å². The maximum atomic E-state index is 2.51. The molecule has 0 aromatic heterocycles. The van der Waals surface area contributed by atoms with E-state index in [9.17, 15) is 0 Å². The van der Waals surface area contributed by atoms with Crippen molar-refractivity contribution in [2.45, 2.75) is 227 Å². The highest BCUT2D eigenvalue weighted by Crippen LogP contribution is 2.22. The van der Waals surface area contributed by atoms with Crippen LogP contribution in [0.25, 0.3) is 0 Å². The van der Waals surface area contributed by atoms with Gasteiger partial charge in [-0.25, -0.2) is 0 Å². The van der Waals surface area contributed by atoms with Crippen LogP contribution < -0.4 is 0 Å². The third kappa shape index (κ3) is 30.5. The first kappa shape index (κ1) is 38.0. The Hall–Kier alpha value is 0. The van der Waals surface area contributed by atoms with Gasteiger partial charge in [0.15, 0.2) is 0 Å². The van der Waals surface area contributed by atoms with Crippen LogP contribution in [0.5, 0.6) is 0 Å². The summed E-state index contributed by atoms with van der Waals surface area (Å²) in [6, 6.07) is 0. The van der Waals surface area contributed by atoms with Crippen molar-refractivity contribution in [2.75, 3.05) is 0 Å². The zero-order valence-corrected chi connectivity index (χ0v) is 27.9. The summed E-state index contributed by atoms with van der Waals surface area (Å²) >= 11 is 0. The molecule has 3 unspecified atom stereocenters. The van der Waals surface area contributed by atoms with Crippen molar-refractivity contribution in [3.05, 3.63) is 0 Å². The van der Waals surface area contributed by atoms with Crippen LogP contribution in [-0.2, 0) is 0 Å². The van der Waals surface area contributed by atoms with Crippen LogP contribution in [0.15, 0.2) is 0 Å². The van der Waals surface area contributed by atoms with E-state index >= 15 is 0 Å². The van der Waals surface area contributed by atoms with Crippen LogP contribution in [0.1, 0.15) is 227 Å². The van der Waals surface area contributed by atoms with Crippen molar-refractivity contribution in [1.82, 2.24) is 0 Å². The maximum absolute atomic E-state index is 2.51. The SMILES string of the molecule is CCCCCCCCCCCCCCCCC(C)CCCCCC(C)CCCCCCCC(C)CCCC. The molecule has 0 heterocycles. The van der Waals surface area contributed by atoms with Gasteiger partial charge in [-0.3, -0.25) is 0 Å². The maximum Gasteiger partial charge on any atom is -0.0443 e. The van der Waals surface area contributed by atoms with Crippen LogP contribution >= 0.6 is 0 Å². The minimum atomic E-state index is 0.956. The molecular weight excluding hydrogens is 456 g/mol. The van der Waals surface area contributed by atoms with Crippen molar-refractivity contribution in [2.24, 2.45) is 17.8 Å². The molecule has 38 heavy (non-hydrogen) atoms. The van der Waals surface area contributed by atoms with Crippen LogP contribution in [0.3, 0.4) is 0 Å². The van der Waals surface area contributed by atoms with Gasteiger partial charge in [-0.1, -0.05) is 227 Å². The predicted octanol–water partition coefficient (Wildman–Crippen LogP) is 14.6. The van der Waals surface area contributed by atoms with Gasteiger partial charge in [0.05, 0.1) is 0 Å². The van der Waals surface area contributed by atoms with E-state index in [1.54, 1.807) is 0 Å². The summed E-state index contributed by atoms with van der Waals surface area (Å²) < 4.78 is 0. The zero-order valence-electron chi connectivity index (χ0n) is 27.9. The van der Waals surface area contributed by atoms with E-state index < -0.39 is 0 Å². The number of hydrogen-bond acceptors (Lipinski definition) is 0. The van der Waals surface area contributed by atoms with Gasteiger partial charge >= 0.3 is 0 Å². The molecule has 0 aliphatic rings. The molecule has 0 rings (SSSR count). The monoisotopic (exact) mass is 535 g/mol. The first-order valence-corrected chi connectivity index (χ1v) is 18.6. The molecule has 0 saturated heterocycles. The number of hydrogen-bond donors (Lipinski definition) is 0. The number of unbranched alkanes of at least 4 members (excludes halogenated alkanes) is 20. The fourth-order valence-electron chi connectivity index (χ4n) is 6.35. The van der Waals surface area contributed by atoms with Crippen molar-refractivity contribution < 1.29 is 0 Å². The van der Waals surface area contributed by atoms with E-state index in [1.165, 1.54) is 193 Å². The average Bonchev–Trinajstić information content (AvgIpc) is 2.91. The summed E-state index contributed by atoms with van der Waals surface area (Å²) in [5, 5.41) is 0. The molecule has 0 saturated carbocycles. The Morgan fingerprint density at radius 3 is 0.684 bits per heavy atom. The van der Waals surface area contributed by atoms with E-state index in [4.69, 9.17) is 0 Å². The van der Waals surface area contributed by atoms with Gasteiger partial charge in [0, 0.05) is 0 Å². The molecule has 0 spiro atoms. The quantitative estimate of drug-likeness (QED) is 0.0752. The first-order valence-electron chi connectivity index (χ1n) is 18.6. The largest absolute Gasteiger partial charge is 0.0654 e. The standard InChI is InChI=1S/C38H78/c1-6-8-10-11-12-13-14-15-16-17-18-19-21-25-32-37(4)34-28-24-29-35-38(5)33-27-23-20-22-26-31-36(3)30-9-7-2/h36-38H,6-35H2,1-5H3. The molecule has 0 amide bonds. The third-order valence-electron chi connectivity index (χ3n) is 9.39. The normalized spacial score (nSPS) is 14.1. The molecule has 0 radical (unpaired) electrons. The summed E-state index contributed by atoms with van der Waals surface area (Å²) in [6.07, 6.45) is 44.0. The van der Waals surface area contributed by atoms with Crippen molar-refractivity contribution >= 4 is 0 Å². The van der Waals surface area contributed by atoms with Crippen LogP contribution in [-0.4, -0.2) is 0 Å². The second-order valence-corrected chi connectivity index (χ2v) is 13.8. The molecule has 230 valence electrons. The summed E-state index contributed by atoms with van der Waals surface area (Å²) in [5.74, 6) is 2.87. The zero-order chi connectivity index (χ0) is 27.9. The highest BCUT2D eigenvalue weighted by molar-refractivity contribution is 4.59. The predicted molar refractivity (Wildman–Crippen MR) is 177 cm³/mol.